The Morgan fingerprint density at radius 3 is 2.70 bits per heavy atom. The smallest absolute Gasteiger partial charge is 0.204 e. The number of hydrogen-bond acceptors (Lipinski definition) is 4. The minimum atomic E-state index is 0.609. The summed E-state index contributed by atoms with van der Waals surface area (Å²) >= 11 is 0. The third kappa shape index (κ3) is 3.11. The van der Waals surface area contributed by atoms with E-state index in [2.05, 4.69) is 27.0 Å². The molecule has 0 aliphatic rings. The topological polar surface area (TPSA) is 42.3 Å². The highest BCUT2D eigenvalue weighted by atomic mass is 16.5. The van der Waals surface area contributed by atoms with E-state index in [0.29, 0.717) is 6.61 Å². The first-order chi connectivity index (χ1) is 9.63. The van der Waals surface area contributed by atoms with Crippen molar-refractivity contribution in [2.75, 3.05) is 31.4 Å². The maximum atomic E-state index is 5.22. The summed E-state index contributed by atoms with van der Waals surface area (Å²) in [4.78, 5) is 6.41. The van der Waals surface area contributed by atoms with Crippen LogP contribution in [0.1, 0.15) is 11.3 Å². The van der Waals surface area contributed by atoms with E-state index in [1.165, 1.54) is 0 Å². The van der Waals surface area contributed by atoms with Gasteiger partial charge in [0.15, 0.2) is 0 Å². The highest BCUT2D eigenvalue weighted by molar-refractivity contribution is 5.51. The average Bonchev–Trinajstić information content (AvgIpc) is 2.79. The molecule has 2 rings (SSSR count). The molecule has 108 valence electrons. The fourth-order valence-corrected chi connectivity index (χ4v) is 2.17. The van der Waals surface area contributed by atoms with E-state index in [9.17, 15) is 0 Å². The summed E-state index contributed by atoms with van der Waals surface area (Å²) in [5.41, 5.74) is 3.40. The molecule has 0 fully saturated rings. The fraction of sp³-hybridized carbons (Fsp3) is 0.400. The van der Waals surface area contributed by atoms with Crippen molar-refractivity contribution in [3.05, 3.63) is 41.7 Å². The molecule has 0 amide bonds. The van der Waals surface area contributed by atoms with Crippen LogP contribution >= 0.6 is 0 Å². The van der Waals surface area contributed by atoms with Gasteiger partial charge in [0.2, 0.25) is 5.95 Å². The Morgan fingerprint density at radius 1 is 1.30 bits per heavy atom. The number of aromatic nitrogens is 2. The molecule has 0 spiro atoms. The quantitative estimate of drug-likeness (QED) is 0.877. The highest BCUT2D eigenvalue weighted by Crippen LogP contribution is 2.18. The van der Waals surface area contributed by atoms with Crippen LogP contribution in [-0.4, -0.2) is 30.8 Å². The number of nitrogens with one attached hydrogen (secondary N) is 1. The van der Waals surface area contributed by atoms with Crippen LogP contribution in [0.2, 0.25) is 0 Å². The summed E-state index contributed by atoms with van der Waals surface area (Å²) < 4.78 is 7.30. The molecule has 2 aromatic rings. The van der Waals surface area contributed by atoms with E-state index < -0.39 is 0 Å². The minimum Gasteiger partial charge on any atom is -0.380 e. The number of ether oxygens (including phenoxy) is 1. The molecular weight excluding hydrogens is 252 g/mol. The summed E-state index contributed by atoms with van der Waals surface area (Å²) in [6.07, 6.45) is 1.90. The van der Waals surface area contributed by atoms with E-state index in [4.69, 9.17) is 4.74 Å². The zero-order valence-corrected chi connectivity index (χ0v) is 12.6. The molecule has 20 heavy (non-hydrogen) atoms. The van der Waals surface area contributed by atoms with E-state index in [1.54, 1.807) is 7.11 Å². The average molecular weight is 274 g/mol. The first-order valence-electron chi connectivity index (χ1n) is 6.62. The molecule has 0 unspecified atom stereocenters. The van der Waals surface area contributed by atoms with Crippen LogP contribution in [0, 0.1) is 0 Å². The van der Waals surface area contributed by atoms with Gasteiger partial charge in [-0.2, -0.15) is 0 Å². The zero-order valence-electron chi connectivity index (χ0n) is 12.6. The molecule has 1 N–H and O–H groups in total. The Hall–Kier alpha value is -2.01. The molecule has 1 heterocycles. The number of benzene rings is 1. The Balaban J connectivity index is 2.09. The van der Waals surface area contributed by atoms with Gasteiger partial charge in [0.05, 0.1) is 25.0 Å². The molecule has 0 radical (unpaired) electrons. The third-order valence-corrected chi connectivity index (χ3v) is 3.24. The van der Waals surface area contributed by atoms with E-state index in [1.807, 2.05) is 44.4 Å². The van der Waals surface area contributed by atoms with Gasteiger partial charge >= 0.3 is 0 Å². The van der Waals surface area contributed by atoms with Crippen LogP contribution in [0.15, 0.2) is 30.5 Å². The molecule has 5 heteroatoms. The van der Waals surface area contributed by atoms with Crippen LogP contribution in [0.25, 0.3) is 0 Å². The summed E-state index contributed by atoms with van der Waals surface area (Å²) in [6.45, 7) is 1.34. The number of anilines is 2. The van der Waals surface area contributed by atoms with Gasteiger partial charge in [-0.1, -0.05) is 18.2 Å². The summed E-state index contributed by atoms with van der Waals surface area (Å²) in [6, 6.07) is 8.18. The SMILES string of the molecule is COCc1ccccc1NCc1cnc(N(C)C)n1C. The molecule has 1 aromatic carbocycles. The molecule has 0 aliphatic carbocycles. The number of imidazole rings is 1. The zero-order chi connectivity index (χ0) is 14.5. The van der Waals surface area contributed by atoms with Gasteiger partial charge in [-0.25, -0.2) is 4.98 Å². The van der Waals surface area contributed by atoms with Gasteiger partial charge in [0.25, 0.3) is 0 Å². The minimum absolute atomic E-state index is 0.609. The Kier molecular flexibility index (Phi) is 4.63. The first-order valence-corrected chi connectivity index (χ1v) is 6.62. The van der Waals surface area contributed by atoms with E-state index in [-0.39, 0.29) is 0 Å². The standard InChI is InChI=1S/C15H22N4O/c1-18(2)15-17-10-13(19(15)3)9-16-14-8-6-5-7-12(14)11-20-4/h5-8,10,16H,9,11H2,1-4H3. The molecule has 1 aromatic heterocycles. The fourth-order valence-electron chi connectivity index (χ4n) is 2.17. The van der Waals surface area contributed by atoms with Crippen molar-refractivity contribution in [2.24, 2.45) is 7.05 Å². The maximum absolute atomic E-state index is 5.22. The summed E-state index contributed by atoms with van der Waals surface area (Å²) in [5.74, 6) is 0.951. The second-order valence-electron chi connectivity index (χ2n) is 4.95. The van der Waals surface area contributed by atoms with Crippen LogP contribution in [0.4, 0.5) is 11.6 Å². The van der Waals surface area contributed by atoms with Crippen molar-refractivity contribution < 1.29 is 4.74 Å². The normalized spacial score (nSPS) is 10.6. The van der Waals surface area contributed by atoms with Crippen LogP contribution < -0.4 is 10.2 Å². The molecular formula is C15H22N4O. The van der Waals surface area contributed by atoms with Crippen LogP contribution in [0.5, 0.6) is 0 Å². The van der Waals surface area contributed by atoms with E-state index in [0.717, 1.165) is 29.4 Å². The molecule has 0 bridgehead atoms. The third-order valence-electron chi connectivity index (χ3n) is 3.24. The second-order valence-corrected chi connectivity index (χ2v) is 4.95. The van der Waals surface area contributed by atoms with Crippen LogP contribution in [0.3, 0.4) is 0 Å². The number of nitrogens with zero attached hydrogens (tertiary/aromatic N) is 3. The Morgan fingerprint density at radius 2 is 2.05 bits per heavy atom. The van der Waals surface area contributed by atoms with Crippen molar-refractivity contribution in [3.8, 4) is 0 Å². The van der Waals surface area contributed by atoms with E-state index >= 15 is 0 Å². The first kappa shape index (κ1) is 14.4. The lowest BCUT2D eigenvalue weighted by molar-refractivity contribution is 0.185. The molecule has 0 saturated heterocycles. The molecule has 5 nitrogen and oxygen atoms in total. The lowest BCUT2D eigenvalue weighted by atomic mass is 10.2. The van der Waals surface area contributed by atoms with Crippen molar-refractivity contribution in [3.63, 3.8) is 0 Å². The van der Waals surface area contributed by atoms with Gasteiger partial charge in [-0.3, -0.25) is 0 Å². The summed E-state index contributed by atoms with van der Waals surface area (Å²) in [7, 11) is 7.72. The van der Waals surface area contributed by atoms with Gasteiger partial charge < -0.3 is 19.5 Å². The van der Waals surface area contributed by atoms with Gasteiger partial charge in [-0.15, -0.1) is 0 Å². The predicted molar refractivity (Wildman–Crippen MR) is 82.0 cm³/mol. The predicted octanol–water partition coefficient (Wildman–Crippen LogP) is 2.24. The van der Waals surface area contributed by atoms with Gasteiger partial charge in [-0.05, 0) is 6.07 Å². The maximum Gasteiger partial charge on any atom is 0.204 e. The van der Waals surface area contributed by atoms with Gasteiger partial charge in [0.1, 0.15) is 0 Å². The lowest BCUT2D eigenvalue weighted by Crippen LogP contribution is -2.15. The molecule has 0 saturated carbocycles. The number of hydrogen-bond donors (Lipinski definition) is 1. The van der Waals surface area contributed by atoms with Crippen LogP contribution in [-0.2, 0) is 24.9 Å². The number of para-hydroxylation sites is 1. The largest absolute Gasteiger partial charge is 0.380 e. The molecule has 0 atom stereocenters. The van der Waals surface area contributed by atoms with Gasteiger partial charge in [0, 0.05) is 39.5 Å². The summed E-state index contributed by atoms with van der Waals surface area (Å²) in [5, 5.41) is 3.45. The molecule has 0 aliphatic heterocycles. The highest BCUT2D eigenvalue weighted by Gasteiger charge is 2.08. The number of methoxy groups -OCH3 is 1. The van der Waals surface area contributed by atoms with Crippen molar-refractivity contribution in [1.82, 2.24) is 9.55 Å². The number of rotatable bonds is 6. The van der Waals surface area contributed by atoms with Crippen molar-refractivity contribution in [1.29, 1.82) is 0 Å². The van der Waals surface area contributed by atoms with Crippen molar-refractivity contribution >= 4 is 11.6 Å². The second kappa shape index (κ2) is 6.43. The van der Waals surface area contributed by atoms with Crippen molar-refractivity contribution in [2.45, 2.75) is 13.2 Å². The monoisotopic (exact) mass is 274 g/mol. The Labute approximate surface area is 120 Å². The Bertz CT molecular complexity index is 563. The lowest BCUT2D eigenvalue weighted by Gasteiger charge is -2.14.